The van der Waals surface area contributed by atoms with E-state index >= 15 is 0 Å². The lowest BCUT2D eigenvalue weighted by Gasteiger charge is -2.02. The number of nitrogens with one attached hydrogen (secondary N) is 1. The molecule has 0 fully saturated rings. The van der Waals surface area contributed by atoms with Crippen LogP contribution in [0.4, 0.5) is 5.69 Å². The van der Waals surface area contributed by atoms with Gasteiger partial charge in [-0.1, -0.05) is 11.6 Å². The summed E-state index contributed by atoms with van der Waals surface area (Å²) in [6.07, 6.45) is 2.93. The van der Waals surface area contributed by atoms with Gasteiger partial charge in [-0.15, -0.1) is 0 Å². The maximum absolute atomic E-state index is 11.8. The maximum atomic E-state index is 11.8. The van der Waals surface area contributed by atoms with Crippen LogP contribution < -0.4 is 5.43 Å². The zero-order chi connectivity index (χ0) is 19.4. The molecule has 0 saturated heterocycles. The number of nitro groups is 1. The maximum Gasteiger partial charge on any atom is 0.270 e. The van der Waals surface area contributed by atoms with E-state index in [1.807, 2.05) is 6.92 Å². The van der Waals surface area contributed by atoms with E-state index in [0.717, 1.165) is 5.69 Å². The number of aryl methyl sites for hydroxylation is 1. The minimum Gasteiger partial charge on any atom is -0.455 e. The zero-order valence-corrected chi connectivity index (χ0v) is 14.9. The van der Waals surface area contributed by atoms with Gasteiger partial charge in [0.15, 0.2) is 0 Å². The van der Waals surface area contributed by atoms with E-state index in [1.54, 1.807) is 29.1 Å². The predicted octanol–water partition coefficient (Wildman–Crippen LogP) is 3.16. The molecule has 1 aromatic carbocycles. The van der Waals surface area contributed by atoms with E-state index < -0.39 is 4.92 Å². The predicted molar refractivity (Wildman–Crippen MR) is 98.5 cm³/mol. The first-order valence-electron chi connectivity index (χ1n) is 7.78. The van der Waals surface area contributed by atoms with Crippen LogP contribution in [0, 0.1) is 17.0 Å². The molecule has 1 amide bonds. The lowest BCUT2D eigenvalue weighted by atomic mass is 10.1. The van der Waals surface area contributed by atoms with Gasteiger partial charge in [-0.3, -0.25) is 19.6 Å². The number of amides is 1. The van der Waals surface area contributed by atoms with Crippen LogP contribution in [0.1, 0.15) is 11.5 Å². The number of carbonyl (C=O) groups is 1. The average Bonchev–Trinajstić information content (AvgIpc) is 3.25. The highest BCUT2D eigenvalue weighted by atomic mass is 35.5. The summed E-state index contributed by atoms with van der Waals surface area (Å²) in [5.41, 5.74) is 3.53. The lowest BCUT2D eigenvalue weighted by molar-refractivity contribution is -0.384. The summed E-state index contributed by atoms with van der Waals surface area (Å²) in [5.74, 6) is 0.360. The van der Waals surface area contributed by atoms with Gasteiger partial charge in [0.25, 0.3) is 11.6 Å². The number of furan rings is 1. The van der Waals surface area contributed by atoms with Gasteiger partial charge in [0.05, 0.1) is 16.2 Å². The van der Waals surface area contributed by atoms with Crippen LogP contribution in [0.2, 0.25) is 5.02 Å². The Labute approximate surface area is 158 Å². The molecule has 1 N–H and O–H groups in total. The largest absolute Gasteiger partial charge is 0.455 e. The topological polar surface area (TPSA) is 116 Å². The smallest absolute Gasteiger partial charge is 0.270 e. The van der Waals surface area contributed by atoms with Gasteiger partial charge >= 0.3 is 0 Å². The fourth-order valence-corrected chi connectivity index (χ4v) is 2.50. The molecule has 0 spiro atoms. The number of aromatic nitrogens is 2. The van der Waals surface area contributed by atoms with Crippen molar-refractivity contribution in [1.82, 2.24) is 15.2 Å². The highest BCUT2D eigenvalue weighted by Gasteiger charge is 2.14. The summed E-state index contributed by atoms with van der Waals surface area (Å²) in [6.45, 7) is 1.88. The second-order valence-corrected chi connectivity index (χ2v) is 5.95. The van der Waals surface area contributed by atoms with Gasteiger partial charge < -0.3 is 4.42 Å². The van der Waals surface area contributed by atoms with Crippen LogP contribution in [0.15, 0.2) is 52.1 Å². The van der Waals surface area contributed by atoms with E-state index in [4.69, 9.17) is 16.0 Å². The number of non-ortho nitro benzene ring substituents is 1. The molecule has 9 nitrogen and oxygen atoms in total. The van der Waals surface area contributed by atoms with Gasteiger partial charge in [0.1, 0.15) is 18.1 Å². The molecule has 0 aliphatic heterocycles. The first-order valence-corrected chi connectivity index (χ1v) is 8.16. The zero-order valence-electron chi connectivity index (χ0n) is 14.1. The fraction of sp³-hybridized carbons (Fsp3) is 0.118. The number of hydrogen-bond acceptors (Lipinski definition) is 6. The number of benzene rings is 1. The van der Waals surface area contributed by atoms with Crippen molar-refractivity contribution in [2.45, 2.75) is 13.5 Å². The molecule has 2 aromatic heterocycles. The molecule has 0 aliphatic carbocycles. The minimum atomic E-state index is -0.512. The van der Waals surface area contributed by atoms with Gasteiger partial charge in [-0.05, 0) is 31.2 Å². The Balaban J connectivity index is 1.67. The number of halogens is 1. The first-order chi connectivity index (χ1) is 12.9. The highest BCUT2D eigenvalue weighted by Crippen LogP contribution is 2.32. The van der Waals surface area contributed by atoms with Crippen molar-refractivity contribution in [3.05, 3.63) is 69.2 Å². The Morgan fingerprint density at radius 1 is 1.41 bits per heavy atom. The number of rotatable bonds is 6. The van der Waals surface area contributed by atoms with Crippen LogP contribution >= 0.6 is 11.6 Å². The van der Waals surface area contributed by atoms with Crippen molar-refractivity contribution in [3.63, 3.8) is 0 Å². The summed E-state index contributed by atoms with van der Waals surface area (Å²) in [4.78, 5) is 22.2. The van der Waals surface area contributed by atoms with Crippen molar-refractivity contribution in [2.24, 2.45) is 5.10 Å². The molecule has 10 heteroatoms. The third-order valence-electron chi connectivity index (χ3n) is 3.66. The van der Waals surface area contributed by atoms with Crippen molar-refractivity contribution >= 4 is 29.4 Å². The Hall–Kier alpha value is -3.46. The summed E-state index contributed by atoms with van der Waals surface area (Å²) >= 11 is 6.09. The highest BCUT2D eigenvalue weighted by molar-refractivity contribution is 6.33. The van der Waals surface area contributed by atoms with Crippen LogP contribution in [-0.4, -0.2) is 26.8 Å². The van der Waals surface area contributed by atoms with Crippen molar-refractivity contribution < 1.29 is 14.1 Å². The van der Waals surface area contributed by atoms with Gasteiger partial charge in [-0.2, -0.15) is 10.2 Å². The minimum absolute atomic E-state index is 0.0445. The molecule has 0 saturated carbocycles. The second kappa shape index (κ2) is 7.83. The Morgan fingerprint density at radius 2 is 2.22 bits per heavy atom. The van der Waals surface area contributed by atoms with Gasteiger partial charge in [0.2, 0.25) is 0 Å². The summed E-state index contributed by atoms with van der Waals surface area (Å²) in [6, 6.07) is 9.09. The molecule has 0 atom stereocenters. The second-order valence-electron chi connectivity index (χ2n) is 5.55. The molecule has 2 heterocycles. The van der Waals surface area contributed by atoms with Gasteiger partial charge in [-0.25, -0.2) is 5.43 Å². The summed E-state index contributed by atoms with van der Waals surface area (Å²) < 4.78 is 7.11. The Morgan fingerprint density at radius 3 is 2.93 bits per heavy atom. The molecular weight excluding hydrogens is 374 g/mol. The third kappa shape index (κ3) is 4.39. The molecule has 0 bridgehead atoms. The van der Waals surface area contributed by atoms with Crippen molar-refractivity contribution in [3.8, 4) is 11.3 Å². The molecular formula is C17H14ClN5O4. The molecule has 0 aliphatic rings. The quantitative estimate of drug-likeness (QED) is 0.396. The molecule has 3 rings (SSSR count). The normalized spacial score (nSPS) is 11.0. The van der Waals surface area contributed by atoms with Crippen LogP contribution in [0.25, 0.3) is 11.3 Å². The Kier molecular flexibility index (Phi) is 5.32. The number of hydrazone groups is 1. The fourth-order valence-electron chi connectivity index (χ4n) is 2.29. The molecule has 27 heavy (non-hydrogen) atoms. The van der Waals surface area contributed by atoms with Crippen LogP contribution in [0.3, 0.4) is 0 Å². The number of nitrogens with zero attached hydrogens (tertiary/aromatic N) is 4. The van der Waals surface area contributed by atoms with E-state index in [1.165, 1.54) is 24.4 Å². The first kappa shape index (κ1) is 18.3. The van der Waals surface area contributed by atoms with E-state index in [0.29, 0.717) is 22.1 Å². The SMILES string of the molecule is Cc1ccnn1CC(=O)NN=Cc1ccc(-c2cc([N+](=O)[O-])ccc2Cl)o1. The van der Waals surface area contributed by atoms with Gasteiger partial charge in [0, 0.05) is 29.6 Å². The Bertz CT molecular complexity index is 1020. The average molecular weight is 388 g/mol. The third-order valence-corrected chi connectivity index (χ3v) is 3.99. The lowest BCUT2D eigenvalue weighted by Crippen LogP contribution is -2.24. The summed E-state index contributed by atoms with van der Waals surface area (Å²) in [7, 11) is 0. The number of carbonyl (C=O) groups excluding carboxylic acids is 1. The van der Waals surface area contributed by atoms with Crippen molar-refractivity contribution in [1.29, 1.82) is 0 Å². The van der Waals surface area contributed by atoms with Crippen molar-refractivity contribution in [2.75, 3.05) is 0 Å². The van der Waals surface area contributed by atoms with E-state index in [9.17, 15) is 14.9 Å². The number of hydrogen-bond donors (Lipinski definition) is 1. The molecule has 0 unspecified atom stereocenters. The standard InChI is InChI=1S/C17H14ClN5O4/c1-11-6-7-20-22(11)10-17(24)21-19-9-13-3-5-16(27-13)14-8-12(23(25)26)2-4-15(14)18/h2-9H,10H2,1H3,(H,21,24). The van der Waals surface area contributed by atoms with E-state index in [-0.39, 0.29) is 18.1 Å². The number of nitro benzene ring substituents is 1. The van der Waals surface area contributed by atoms with E-state index in [2.05, 4.69) is 15.6 Å². The molecule has 0 radical (unpaired) electrons. The summed E-state index contributed by atoms with van der Waals surface area (Å²) in [5, 5.41) is 19.1. The molecule has 138 valence electrons. The van der Waals surface area contributed by atoms with Crippen LogP contribution in [-0.2, 0) is 11.3 Å². The monoisotopic (exact) mass is 387 g/mol. The molecule has 3 aromatic rings. The van der Waals surface area contributed by atoms with Crippen LogP contribution in [0.5, 0.6) is 0 Å².